The molecule has 0 atom stereocenters. The van der Waals surface area contributed by atoms with Gasteiger partial charge < -0.3 is 19.5 Å². The van der Waals surface area contributed by atoms with E-state index in [0.29, 0.717) is 33.8 Å². The lowest BCUT2D eigenvalue weighted by molar-refractivity contribution is 0.101. The second-order valence-electron chi connectivity index (χ2n) is 8.27. The zero-order chi connectivity index (χ0) is 22.8. The van der Waals surface area contributed by atoms with E-state index in [2.05, 4.69) is 25.7 Å². The van der Waals surface area contributed by atoms with Gasteiger partial charge in [0.1, 0.15) is 18.1 Å². The van der Waals surface area contributed by atoms with Crippen molar-refractivity contribution in [3.63, 3.8) is 0 Å². The minimum atomic E-state index is -0.412. The van der Waals surface area contributed by atoms with Crippen molar-refractivity contribution >= 4 is 28.3 Å². The Balaban J connectivity index is 1.36. The largest absolute Gasteiger partial charge is 0.489 e. The molecule has 0 unspecified atom stereocenters. The normalized spacial score (nSPS) is 13.9. The summed E-state index contributed by atoms with van der Waals surface area (Å²) in [4.78, 5) is 15.4. The summed E-state index contributed by atoms with van der Waals surface area (Å²) in [6, 6.07) is 11.5. The predicted octanol–water partition coefficient (Wildman–Crippen LogP) is 4.65. The molecule has 1 fully saturated rings. The second kappa shape index (κ2) is 8.93. The highest BCUT2D eigenvalue weighted by Crippen LogP contribution is 2.32. The lowest BCUT2D eigenvalue weighted by Crippen LogP contribution is -2.29. The van der Waals surface area contributed by atoms with Crippen LogP contribution >= 0.6 is 0 Å². The molecule has 1 saturated heterocycles. The van der Waals surface area contributed by atoms with Crippen molar-refractivity contribution in [2.75, 3.05) is 23.3 Å². The van der Waals surface area contributed by atoms with Gasteiger partial charge >= 0.3 is 0 Å². The van der Waals surface area contributed by atoms with Crippen LogP contribution < -0.4 is 15.0 Å². The first-order valence-electron chi connectivity index (χ1n) is 11.1. The van der Waals surface area contributed by atoms with Gasteiger partial charge in [-0.05, 0) is 73.3 Å². The number of anilines is 2. The van der Waals surface area contributed by atoms with Gasteiger partial charge in [-0.1, -0.05) is 17.3 Å². The number of benzene rings is 2. The summed E-state index contributed by atoms with van der Waals surface area (Å²) in [5.74, 6) is 0.830. The molecule has 2 aromatic heterocycles. The average Bonchev–Trinajstić information content (AvgIpc) is 3.46. The molecule has 0 saturated carbocycles. The van der Waals surface area contributed by atoms with E-state index >= 15 is 0 Å². The molecule has 170 valence electrons. The van der Waals surface area contributed by atoms with Gasteiger partial charge in [0, 0.05) is 13.1 Å². The maximum atomic E-state index is 13.1. The molecule has 1 amide bonds. The van der Waals surface area contributed by atoms with Crippen molar-refractivity contribution in [2.45, 2.75) is 39.7 Å². The van der Waals surface area contributed by atoms with Crippen molar-refractivity contribution in [1.29, 1.82) is 0 Å². The van der Waals surface area contributed by atoms with E-state index in [1.54, 1.807) is 6.92 Å². The van der Waals surface area contributed by atoms with Crippen LogP contribution in [0.2, 0.25) is 0 Å². The minimum absolute atomic E-state index is 0.163. The predicted molar refractivity (Wildman–Crippen MR) is 123 cm³/mol. The lowest BCUT2D eigenvalue weighted by atomic mass is 10.1. The van der Waals surface area contributed by atoms with Crippen molar-refractivity contribution in [3.05, 3.63) is 59.0 Å². The molecule has 0 aliphatic carbocycles. The number of ether oxygens (including phenoxy) is 1. The number of aryl methyl sites for hydroxylation is 2. The molecular weight excluding hydrogens is 422 g/mol. The van der Waals surface area contributed by atoms with E-state index in [0.717, 1.165) is 37.2 Å². The van der Waals surface area contributed by atoms with E-state index in [9.17, 15) is 4.79 Å². The van der Waals surface area contributed by atoms with Crippen molar-refractivity contribution in [1.82, 2.24) is 15.5 Å². The van der Waals surface area contributed by atoms with E-state index in [1.807, 2.05) is 43.3 Å². The molecule has 3 heterocycles. The van der Waals surface area contributed by atoms with Gasteiger partial charge in [-0.3, -0.25) is 4.79 Å². The van der Waals surface area contributed by atoms with Crippen LogP contribution in [0, 0.1) is 13.8 Å². The standard InChI is InChI=1S/C24H25N5O4/c1-15-7-6-8-17(13-15)31-14-18-16(2)32-26-21(18)24(30)25-19-9-10-20(23-22(19)27-33-28-23)29-11-4-3-5-12-29/h6-10,13H,3-5,11-12,14H2,1-2H3,(H,25,30). The monoisotopic (exact) mass is 447 g/mol. The highest BCUT2D eigenvalue weighted by molar-refractivity contribution is 6.09. The molecule has 9 heteroatoms. The first-order valence-corrected chi connectivity index (χ1v) is 11.1. The van der Waals surface area contributed by atoms with Crippen LogP contribution in [-0.2, 0) is 6.61 Å². The summed E-state index contributed by atoms with van der Waals surface area (Å²) < 4.78 is 16.2. The van der Waals surface area contributed by atoms with E-state index in [4.69, 9.17) is 13.9 Å². The smallest absolute Gasteiger partial charge is 0.278 e. The Kier molecular flexibility index (Phi) is 5.68. The number of carbonyl (C=O) groups is 1. The number of hydrogen-bond donors (Lipinski definition) is 1. The number of piperidine rings is 1. The van der Waals surface area contributed by atoms with Crippen LogP contribution in [0.5, 0.6) is 5.75 Å². The Hall–Kier alpha value is -3.88. The zero-order valence-electron chi connectivity index (χ0n) is 18.6. The van der Waals surface area contributed by atoms with Crippen LogP contribution in [0.3, 0.4) is 0 Å². The summed E-state index contributed by atoms with van der Waals surface area (Å²) in [5.41, 5.74) is 4.46. The maximum Gasteiger partial charge on any atom is 0.278 e. The molecule has 33 heavy (non-hydrogen) atoms. The first kappa shape index (κ1) is 21.0. The van der Waals surface area contributed by atoms with Gasteiger partial charge in [-0.2, -0.15) is 0 Å². The number of carbonyl (C=O) groups excluding carboxylic acids is 1. The number of fused-ring (bicyclic) bond motifs is 1. The third-order valence-electron chi connectivity index (χ3n) is 5.91. The van der Waals surface area contributed by atoms with Gasteiger partial charge in [-0.15, -0.1) is 0 Å². The fraction of sp³-hybridized carbons (Fsp3) is 0.333. The summed E-state index contributed by atoms with van der Waals surface area (Å²) in [7, 11) is 0. The summed E-state index contributed by atoms with van der Waals surface area (Å²) in [6.45, 7) is 5.85. The second-order valence-corrected chi connectivity index (χ2v) is 8.27. The van der Waals surface area contributed by atoms with Gasteiger partial charge in [0.15, 0.2) is 16.7 Å². The van der Waals surface area contributed by atoms with E-state index in [-0.39, 0.29) is 12.3 Å². The molecule has 4 aromatic rings. The van der Waals surface area contributed by atoms with E-state index < -0.39 is 5.91 Å². The molecule has 1 aliphatic rings. The van der Waals surface area contributed by atoms with Crippen LogP contribution in [0.1, 0.15) is 46.6 Å². The van der Waals surface area contributed by atoms with Gasteiger partial charge in [0.05, 0.1) is 16.9 Å². The van der Waals surface area contributed by atoms with Gasteiger partial charge in [0.25, 0.3) is 5.91 Å². The molecule has 0 spiro atoms. The lowest BCUT2D eigenvalue weighted by Gasteiger charge is -2.28. The number of nitrogens with one attached hydrogen (secondary N) is 1. The summed E-state index contributed by atoms with van der Waals surface area (Å²) in [6.07, 6.45) is 3.52. The maximum absolute atomic E-state index is 13.1. The molecule has 0 radical (unpaired) electrons. The number of nitrogens with zero attached hydrogens (tertiary/aromatic N) is 4. The molecular formula is C24H25N5O4. The molecule has 1 aliphatic heterocycles. The van der Waals surface area contributed by atoms with Crippen molar-refractivity contribution in [2.24, 2.45) is 0 Å². The quantitative estimate of drug-likeness (QED) is 0.455. The third kappa shape index (κ3) is 4.26. The van der Waals surface area contributed by atoms with Crippen LogP contribution in [-0.4, -0.2) is 34.5 Å². The molecule has 1 N–H and O–H groups in total. The third-order valence-corrected chi connectivity index (χ3v) is 5.91. The Morgan fingerprint density at radius 2 is 1.88 bits per heavy atom. The molecule has 0 bridgehead atoms. The Morgan fingerprint density at radius 1 is 1.06 bits per heavy atom. The Bertz CT molecular complexity index is 1290. The topological polar surface area (TPSA) is 107 Å². The zero-order valence-corrected chi connectivity index (χ0v) is 18.6. The van der Waals surface area contributed by atoms with Crippen LogP contribution in [0.4, 0.5) is 11.4 Å². The van der Waals surface area contributed by atoms with Gasteiger partial charge in [0.2, 0.25) is 0 Å². The number of hydrogen-bond acceptors (Lipinski definition) is 8. The average molecular weight is 447 g/mol. The molecule has 9 nitrogen and oxygen atoms in total. The fourth-order valence-corrected chi connectivity index (χ4v) is 4.13. The number of aromatic nitrogens is 3. The highest BCUT2D eigenvalue weighted by Gasteiger charge is 2.23. The van der Waals surface area contributed by atoms with E-state index in [1.165, 1.54) is 6.42 Å². The van der Waals surface area contributed by atoms with Crippen molar-refractivity contribution < 1.29 is 18.7 Å². The minimum Gasteiger partial charge on any atom is -0.489 e. The summed E-state index contributed by atoms with van der Waals surface area (Å²) in [5, 5.41) is 15.0. The Labute approximate surface area is 190 Å². The SMILES string of the molecule is Cc1cccc(OCc2c(C(=O)Nc3ccc(N4CCCCC4)c4nonc34)noc2C)c1. The Morgan fingerprint density at radius 3 is 2.70 bits per heavy atom. The highest BCUT2D eigenvalue weighted by atomic mass is 16.6. The summed E-state index contributed by atoms with van der Waals surface area (Å²) >= 11 is 0. The number of amides is 1. The molecule has 2 aromatic carbocycles. The first-order chi connectivity index (χ1) is 16.1. The fourth-order valence-electron chi connectivity index (χ4n) is 4.13. The van der Waals surface area contributed by atoms with Crippen LogP contribution in [0.25, 0.3) is 11.0 Å². The van der Waals surface area contributed by atoms with Crippen molar-refractivity contribution in [3.8, 4) is 5.75 Å². The molecule has 5 rings (SSSR count). The van der Waals surface area contributed by atoms with Crippen LogP contribution in [0.15, 0.2) is 45.6 Å². The number of rotatable bonds is 6. The van der Waals surface area contributed by atoms with Gasteiger partial charge in [-0.25, -0.2) is 4.63 Å².